The van der Waals surface area contributed by atoms with Gasteiger partial charge in [-0.05, 0) is 54.5 Å². The third-order valence-electron chi connectivity index (χ3n) is 8.02. The van der Waals surface area contributed by atoms with Crippen LogP contribution < -0.4 is 4.74 Å². The van der Waals surface area contributed by atoms with Crippen molar-refractivity contribution in [3.05, 3.63) is 84.3 Å². The van der Waals surface area contributed by atoms with E-state index in [4.69, 9.17) is 9.47 Å². The number of piperidine rings is 1. The number of amides is 2. The molecular weight excluding hydrogens is 573 g/mol. The number of sulfonamides is 1. The molecule has 2 fully saturated rings. The van der Waals surface area contributed by atoms with Crippen LogP contribution in [0.3, 0.4) is 0 Å². The normalized spacial score (nSPS) is 18.9. The number of carbonyl (C=O) groups excluding carboxylic acids is 2. The molecule has 1 aromatic heterocycles. The van der Waals surface area contributed by atoms with Gasteiger partial charge in [0.2, 0.25) is 21.8 Å². The van der Waals surface area contributed by atoms with Crippen molar-refractivity contribution in [2.75, 3.05) is 25.4 Å². The summed E-state index contributed by atoms with van der Waals surface area (Å²) in [5.74, 6) is -1.98. The van der Waals surface area contributed by atoms with E-state index in [0.29, 0.717) is 25.1 Å². The van der Waals surface area contributed by atoms with Crippen molar-refractivity contribution in [1.82, 2.24) is 14.2 Å². The molecule has 2 aliphatic heterocycles. The molecule has 2 amide bonds. The van der Waals surface area contributed by atoms with Crippen molar-refractivity contribution in [2.45, 2.75) is 45.3 Å². The maximum atomic E-state index is 13.6. The summed E-state index contributed by atoms with van der Waals surface area (Å²) in [6, 6.07) is 18.8. The Hall–Kier alpha value is -3.83. The zero-order valence-corrected chi connectivity index (χ0v) is 25.1. The number of benzene rings is 2. The van der Waals surface area contributed by atoms with Gasteiger partial charge in [0, 0.05) is 30.9 Å². The standard InChI is InChI=1S/C32H36FN3O6S/c1-22(2)29(31(37)36-27(20-41-32(36)38)18-23-6-4-3-5-7-23)21-43(39,40)35-16-14-28(15-17-35)42-30-13-10-25(19-34-30)24-8-11-26(33)12-9-24/h3-13,19,22,27-29H,14-18,20-21H2,1-2H3. The molecule has 2 atom stereocenters. The highest BCUT2D eigenvalue weighted by Crippen LogP contribution is 2.27. The van der Waals surface area contributed by atoms with Gasteiger partial charge in [-0.15, -0.1) is 0 Å². The maximum Gasteiger partial charge on any atom is 0.416 e. The number of aromatic nitrogens is 1. The molecule has 11 heteroatoms. The molecule has 0 bridgehead atoms. The number of hydrogen-bond donors (Lipinski definition) is 0. The Morgan fingerprint density at radius 1 is 1.02 bits per heavy atom. The summed E-state index contributed by atoms with van der Waals surface area (Å²) < 4.78 is 52.8. The van der Waals surface area contributed by atoms with Gasteiger partial charge >= 0.3 is 6.09 Å². The summed E-state index contributed by atoms with van der Waals surface area (Å²) in [5, 5.41) is 0. The third kappa shape index (κ3) is 7.40. The predicted molar refractivity (Wildman–Crippen MR) is 159 cm³/mol. The first-order valence-corrected chi connectivity index (χ1v) is 16.1. The monoisotopic (exact) mass is 609 g/mol. The lowest BCUT2D eigenvalue weighted by molar-refractivity contribution is -0.134. The zero-order valence-electron chi connectivity index (χ0n) is 24.3. The van der Waals surface area contributed by atoms with Crippen molar-refractivity contribution < 1.29 is 31.9 Å². The van der Waals surface area contributed by atoms with E-state index in [1.807, 2.05) is 36.4 Å². The van der Waals surface area contributed by atoms with Gasteiger partial charge in [0.1, 0.15) is 18.5 Å². The lowest BCUT2D eigenvalue weighted by Gasteiger charge is -2.33. The molecule has 9 nitrogen and oxygen atoms in total. The first-order chi connectivity index (χ1) is 20.6. The van der Waals surface area contributed by atoms with Crippen LogP contribution in [0.1, 0.15) is 32.3 Å². The van der Waals surface area contributed by atoms with Crippen LogP contribution in [0.5, 0.6) is 5.88 Å². The van der Waals surface area contributed by atoms with E-state index < -0.39 is 34.0 Å². The van der Waals surface area contributed by atoms with E-state index in [0.717, 1.165) is 21.6 Å². The van der Waals surface area contributed by atoms with Crippen molar-refractivity contribution in [2.24, 2.45) is 11.8 Å². The molecule has 43 heavy (non-hydrogen) atoms. The smallest absolute Gasteiger partial charge is 0.416 e. The second kappa shape index (κ2) is 13.2. The molecule has 0 aliphatic carbocycles. The number of halogens is 1. The van der Waals surface area contributed by atoms with Gasteiger partial charge in [-0.25, -0.2) is 31.8 Å². The van der Waals surface area contributed by atoms with Gasteiger partial charge in [0.15, 0.2) is 0 Å². The number of nitrogens with zero attached hydrogens (tertiary/aromatic N) is 3. The Kier molecular flexibility index (Phi) is 9.41. The van der Waals surface area contributed by atoms with Crippen LogP contribution in [0.2, 0.25) is 0 Å². The zero-order chi connectivity index (χ0) is 30.6. The third-order valence-corrected chi connectivity index (χ3v) is 9.95. The van der Waals surface area contributed by atoms with Crippen molar-refractivity contribution in [1.29, 1.82) is 0 Å². The summed E-state index contributed by atoms with van der Waals surface area (Å²) in [5.41, 5.74) is 2.63. The highest BCUT2D eigenvalue weighted by molar-refractivity contribution is 7.89. The molecule has 2 aliphatic rings. The molecule has 3 aromatic rings. The molecule has 3 heterocycles. The Morgan fingerprint density at radius 3 is 2.33 bits per heavy atom. The van der Waals surface area contributed by atoms with E-state index in [1.165, 1.54) is 16.4 Å². The molecular formula is C32H36FN3O6S. The lowest BCUT2D eigenvalue weighted by atomic mass is 9.95. The maximum absolute atomic E-state index is 13.6. The van der Waals surface area contributed by atoms with E-state index in [-0.39, 0.29) is 43.3 Å². The molecule has 0 saturated carbocycles. The van der Waals surface area contributed by atoms with Crippen molar-refractivity contribution in [3.8, 4) is 17.0 Å². The summed E-state index contributed by atoms with van der Waals surface area (Å²) in [6.07, 6.45) is 2.10. The van der Waals surface area contributed by atoms with Gasteiger partial charge in [-0.2, -0.15) is 0 Å². The van der Waals surface area contributed by atoms with Crippen LogP contribution in [0.15, 0.2) is 72.9 Å². The van der Waals surface area contributed by atoms with Crippen molar-refractivity contribution in [3.63, 3.8) is 0 Å². The quantitative estimate of drug-likeness (QED) is 0.321. The number of cyclic esters (lactones) is 1. The van der Waals surface area contributed by atoms with Gasteiger partial charge in [0.25, 0.3) is 0 Å². The Morgan fingerprint density at radius 2 is 1.70 bits per heavy atom. The van der Waals surface area contributed by atoms with Crippen LogP contribution >= 0.6 is 0 Å². The Labute approximate surface area is 251 Å². The molecule has 228 valence electrons. The number of imide groups is 1. The second-order valence-electron chi connectivity index (χ2n) is 11.4. The number of ether oxygens (including phenoxy) is 2. The SMILES string of the molecule is CC(C)C(CS(=O)(=O)N1CCC(Oc2ccc(-c3ccc(F)cc3)cn2)CC1)C(=O)N1C(=O)OCC1Cc1ccccc1. The van der Waals surface area contributed by atoms with Gasteiger partial charge < -0.3 is 9.47 Å². The van der Waals surface area contributed by atoms with Crippen LogP contribution in [0, 0.1) is 17.7 Å². The van der Waals surface area contributed by atoms with Gasteiger partial charge in [-0.1, -0.05) is 56.3 Å². The van der Waals surface area contributed by atoms with Gasteiger partial charge in [0.05, 0.1) is 17.7 Å². The minimum absolute atomic E-state index is 0.0777. The predicted octanol–water partition coefficient (Wildman–Crippen LogP) is 4.92. The topological polar surface area (TPSA) is 106 Å². The van der Waals surface area contributed by atoms with Crippen molar-refractivity contribution >= 4 is 22.0 Å². The first-order valence-electron chi connectivity index (χ1n) is 14.5. The minimum Gasteiger partial charge on any atom is -0.474 e. The summed E-state index contributed by atoms with van der Waals surface area (Å²) in [4.78, 5) is 31.7. The average Bonchev–Trinajstić information content (AvgIpc) is 3.36. The highest BCUT2D eigenvalue weighted by Gasteiger charge is 2.44. The second-order valence-corrected chi connectivity index (χ2v) is 13.4. The summed E-state index contributed by atoms with van der Waals surface area (Å²) >= 11 is 0. The largest absolute Gasteiger partial charge is 0.474 e. The van der Waals surface area contributed by atoms with Crippen LogP contribution in [-0.4, -0.2) is 72.2 Å². The molecule has 2 saturated heterocycles. The van der Waals surface area contributed by atoms with Gasteiger partial charge in [-0.3, -0.25) is 4.79 Å². The fourth-order valence-electron chi connectivity index (χ4n) is 5.49. The number of carbonyl (C=O) groups is 2. The number of hydrogen-bond acceptors (Lipinski definition) is 7. The molecule has 0 N–H and O–H groups in total. The van der Waals surface area contributed by atoms with E-state index in [1.54, 1.807) is 38.2 Å². The molecule has 0 radical (unpaired) electrons. The Balaban J connectivity index is 1.18. The first kappa shape index (κ1) is 30.6. The minimum atomic E-state index is -3.80. The molecule has 2 aromatic carbocycles. The van der Waals surface area contributed by atoms with E-state index in [9.17, 15) is 22.4 Å². The van der Waals surface area contributed by atoms with E-state index in [2.05, 4.69) is 4.98 Å². The van der Waals surface area contributed by atoms with Crippen LogP contribution in [0.25, 0.3) is 11.1 Å². The number of rotatable bonds is 10. The molecule has 2 unspecified atom stereocenters. The number of pyridine rings is 1. The summed E-state index contributed by atoms with van der Waals surface area (Å²) in [6.45, 7) is 4.17. The van der Waals surface area contributed by atoms with E-state index >= 15 is 0 Å². The van der Waals surface area contributed by atoms with Crippen LogP contribution in [0.4, 0.5) is 9.18 Å². The Bertz CT molecular complexity index is 1510. The lowest BCUT2D eigenvalue weighted by Crippen LogP contribution is -2.49. The van der Waals surface area contributed by atoms with Crippen LogP contribution in [-0.2, 0) is 26.0 Å². The summed E-state index contributed by atoms with van der Waals surface area (Å²) in [7, 11) is -3.80. The molecule has 5 rings (SSSR count). The molecule has 0 spiro atoms. The fraction of sp³-hybridized carbons (Fsp3) is 0.406. The fourth-order valence-corrected chi connectivity index (χ4v) is 7.45. The highest BCUT2D eigenvalue weighted by atomic mass is 32.2. The average molecular weight is 610 g/mol.